The number of hydrogen-bond donors (Lipinski definition) is 1. The molecule has 0 radical (unpaired) electrons. The van der Waals surface area contributed by atoms with Crippen molar-refractivity contribution in [3.05, 3.63) is 35.9 Å². The Morgan fingerprint density at radius 2 is 2.05 bits per heavy atom. The van der Waals surface area contributed by atoms with E-state index < -0.39 is 0 Å². The zero-order valence-corrected chi connectivity index (χ0v) is 11.9. The third kappa shape index (κ3) is 3.35. The van der Waals surface area contributed by atoms with Crippen molar-refractivity contribution in [3.63, 3.8) is 0 Å². The molecular formula is C16H24N2O. The topological polar surface area (TPSA) is 46.3 Å². The van der Waals surface area contributed by atoms with Gasteiger partial charge in [-0.3, -0.25) is 4.79 Å². The molecular weight excluding hydrogens is 236 g/mol. The Labute approximate surface area is 115 Å². The molecule has 2 rings (SSSR count). The SMILES string of the molecule is CC(C)(Cc1ccccc1)C(=O)N1CCC(CN)C1. The predicted molar refractivity (Wildman–Crippen MR) is 77.7 cm³/mol. The average Bonchev–Trinajstić information content (AvgIpc) is 2.87. The van der Waals surface area contributed by atoms with Gasteiger partial charge in [-0.2, -0.15) is 0 Å². The van der Waals surface area contributed by atoms with Crippen LogP contribution in [0.3, 0.4) is 0 Å². The second-order valence-corrected chi connectivity index (χ2v) is 6.19. The molecule has 0 aliphatic carbocycles. The van der Waals surface area contributed by atoms with Crippen LogP contribution in [0.25, 0.3) is 0 Å². The predicted octanol–water partition coefficient (Wildman–Crippen LogP) is 2.06. The highest BCUT2D eigenvalue weighted by Crippen LogP contribution is 2.27. The molecule has 3 nitrogen and oxygen atoms in total. The second-order valence-electron chi connectivity index (χ2n) is 6.19. The maximum Gasteiger partial charge on any atom is 0.228 e. The Balaban J connectivity index is 2.01. The lowest BCUT2D eigenvalue weighted by atomic mass is 9.84. The summed E-state index contributed by atoms with van der Waals surface area (Å²) in [6, 6.07) is 10.2. The van der Waals surface area contributed by atoms with Gasteiger partial charge in [0.15, 0.2) is 0 Å². The van der Waals surface area contributed by atoms with Gasteiger partial charge in [0.25, 0.3) is 0 Å². The minimum Gasteiger partial charge on any atom is -0.342 e. The Hall–Kier alpha value is -1.35. The van der Waals surface area contributed by atoms with Crippen molar-refractivity contribution < 1.29 is 4.79 Å². The van der Waals surface area contributed by atoms with Crippen LogP contribution in [-0.4, -0.2) is 30.4 Å². The maximum atomic E-state index is 12.6. The highest BCUT2D eigenvalue weighted by molar-refractivity contribution is 5.82. The van der Waals surface area contributed by atoms with Crippen LogP contribution in [0.5, 0.6) is 0 Å². The van der Waals surface area contributed by atoms with Crippen molar-refractivity contribution >= 4 is 5.91 Å². The normalized spacial score (nSPS) is 19.7. The number of nitrogens with two attached hydrogens (primary N) is 1. The molecule has 1 aromatic rings. The van der Waals surface area contributed by atoms with E-state index in [1.54, 1.807) is 0 Å². The largest absolute Gasteiger partial charge is 0.342 e. The number of nitrogens with zero attached hydrogens (tertiary/aromatic N) is 1. The number of amides is 1. The van der Waals surface area contributed by atoms with E-state index in [9.17, 15) is 4.79 Å². The molecule has 1 fully saturated rings. The van der Waals surface area contributed by atoms with Crippen LogP contribution in [0.15, 0.2) is 30.3 Å². The zero-order valence-electron chi connectivity index (χ0n) is 11.9. The van der Waals surface area contributed by atoms with Crippen LogP contribution in [0.2, 0.25) is 0 Å². The van der Waals surface area contributed by atoms with E-state index in [-0.39, 0.29) is 11.3 Å². The number of carbonyl (C=O) groups is 1. The lowest BCUT2D eigenvalue weighted by Crippen LogP contribution is -2.41. The summed E-state index contributed by atoms with van der Waals surface area (Å²) in [5.41, 5.74) is 6.57. The van der Waals surface area contributed by atoms with E-state index in [2.05, 4.69) is 12.1 Å². The monoisotopic (exact) mass is 260 g/mol. The third-order valence-corrected chi connectivity index (χ3v) is 3.97. The van der Waals surface area contributed by atoms with Gasteiger partial charge in [0, 0.05) is 18.5 Å². The Morgan fingerprint density at radius 1 is 1.37 bits per heavy atom. The second kappa shape index (κ2) is 5.74. The first-order valence-corrected chi connectivity index (χ1v) is 7.06. The fourth-order valence-corrected chi connectivity index (χ4v) is 2.82. The highest BCUT2D eigenvalue weighted by Gasteiger charge is 2.35. The molecule has 1 aliphatic rings. The number of likely N-dealkylation sites (tertiary alicyclic amines) is 1. The van der Waals surface area contributed by atoms with E-state index in [0.29, 0.717) is 12.5 Å². The quantitative estimate of drug-likeness (QED) is 0.900. The summed E-state index contributed by atoms with van der Waals surface area (Å²) >= 11 is 0. The molecule has 0 aromatic heterocycles. The number of hydrogen-bond acceptors (Lipinski definition) is 2. The smallest absolute Gasteiger partial charge is 0.228 e. The van der Waals surface area contributed by atoms with Crippen molar-refractivity contribution in [2.45, 2.75) is 26.7 Å². The molecule has 1 atom stereocenters. The minimum absolute atomic E-state index is 0.257. The zero-order chi connectivity index (χ0) is 13.9. The van der Waals surface area contributed by atoms with Gasteiger partial charge in [0.05, 0.1) is 0 Å². The molecule has 1 saturated heterocycles. The van der Waals surface area contributed by atoms with Gasteiger partial charge in [-0.05, 0) is 30.9 Å². The van der Waals surface area contributed by atoms with Crippen LogP contribution < -0.4 is 5.73 Å². The summed E-state index contributed by atoms with van der Waals surface area (Å²) in [5.74, 6) is 0.740. The van der Waals surface area contributed by atoms with E-state index in [4.69, 9.17) is 5.73 Å². The molecule has 104 valence electrons. The van der Waals surface area contributed by atoms with Gasteiger partial charge in [0.2, 0.25) is 5.91 Å². The molecule has 19 heavy (non-hydrogen) atoms. The van der Waals surface area contributed by atoms with Gasteiger partial charge in [-0.25, -0.2) is 0 Å². The molecule has 1 amide bonds. The summed E-state index contributed by atoms with van der Waals surface area (Å²) in [4.78, 5) is 14.6. The number of rotatable bonds is 4. The van der Waals surface area contributed by atoms with Crippen molar-refractivity contribution in [3.8, 4) is 0 Å². The summed E-state index contributed by atoms with van der Waals surface area (Å²) in [6.45, 7) is 6.45. The van der Waals surface area contributed by atoms with Crippen LogP contribution in [0.4, 0.5) is 0 Å². The summed E-state index contributed by atoms with van der Waals surface area (Å²) in [5, 5.41) is 0. The van der Waals surface area contributed by atoms with Gasteiger partial charge in [-0.15, -0.1) is 0 Å². The first-order chi connectivity index (χ1) is 9.03. The molecule has 0 bridgehead atoms. The lowest BCUT2D eigenvalue weighted by Gasteiger charge is -2.29. The number of benzene rings is 1. The summed E-state index contributed by atoms with van der Waals surface area (Å²) in [7, 11) is 0. The van der Waals surface area contributed by atoms with Gasteiger partial charge < -0.3 is 10.6 Å². The fourth-order valence-electron chi connectivity index (χ4n) is 2.82. The highest BCUT2D eigenvalue weighted by atomic mass is 16.2. The molecule has 0 spiro atoms. The Kier molecular flexibility index (Phi) is 4.25. The molecule has 1 heterocycles. The van der Waals surface area contributed by atoms with E-state index in [0.717, 1.165) is 25.9 Å². The van der Waals surface area contributed by atoms with Crippen LogP contribution in [0, 0.1) is 11.3 Å². The molecule has 2 N–H and O–H groups in total. The van der Waals surface area contributed by atoms with Gasteiger partial charge in [0.1, 0.15) is 0 Å². The molecule has 1 aliphatic heterocycles. The Bertz CT molecular complexity index is 428. The van der Waals surface area contributed by atoms with E-state index >= 15 is 0 Å². The van der Waals surface area contributed by atoms with E-state index in [1.807, 2.05) is 36.9 Å². The van der Waals surface area contributed by atoms with Crippen molar-refractivity contribution in [1.82, 2.24) is 4.90 Å². The van der Waals surface area contributed by atoms with Crippen molar-refractivity contribution in [2.75, 3.05) is 19.6 Å². The first-order valence-electron chi connectivity index (χ1n) is 7.06. The lowest BCUT2D eigenvalue weighted by molar-refractivity contribution is -0.139. The minimum atomic E-state index is -0.342. The van der Waals surface area contributed by atoms with Gasteiger partial charge in [-0.1, -0.05) is 44.2 Å². The fraction of sp³-hybridized carbons (Fsp3) is 0.562. The molecule has 1 unspecified atom stereocenters. The first kappa shape index (κ1) is 14.1. The van der Waals surface area contributed by atoms with Crippen molar-refractivity contribution in [1.29, 1.82) is 0 Å². The maximum absolute atomic E-state index is 12.6. The molecule has 0 saturated carbocycles. The molecule has 3 heteroatoms. The van der Waals surface area contributed by atoms with Gasteiger partial charge >= 0.3 is 0 Å². The van der Waals surface area contributed by atoms with Crippen molar-refractivity contribution in [2.24, 2.45) is 17.1 Å². The van der Waals surface area contributed by atoms with Crippen LogP contribution >= 0.6 is 0 Å². The molecule has 1 aromatic carbocycles. The summed E-state index contributed by atoms with van der Waals surface area (Å²) in [6.07, 6.45) is 1.83. The third-order valence-electron chi connectivity index (χ3n) is 3.97. The average molecular weight is 260 g/mol. The Morgan fingerprint density at radius 3 is 2.63 bits per heavy atom. The summed E-state index contributed by atoms with van der Waals surface area (Å²) < 4.78 is 0. The standard InChI is InChI=1S/C16H24N2O/c1-16(2,10-13-6-4-3-5-7-13)15(19)18-9-8-14(11-17)12-18/h3-7,14H,8-12,17H2,1-2H3. The van der Waals surface area contributed by atoms with Crippen LogP contribution in [-0.2, 0) is 11.2 Å². The van der Waals surface area contributed by atoms with Crippen LogP contribution in [0.1, 0.15) is 25.8 Å². The van der Waals surface area contributed by atoms with E-state index in [1.165, 1.54) is 5.56 Å². The number of carbonyl (C=O) groups excluding carboxylic acids is 1.